The largest absolute Gasteiger partial charge is 0.339 e. The van der Waals surface area contributed by atoms with Gasteiger partial charge in [0, 0.05) is 5.92 Å². The summed E-state index contributed by atoms with van der Waals surface area (Å²) in [6, 6.07) is 0. The van der Waals surface area contributed by atoms with Gasteiger partial charge in [-0.25, -0.2) is 5.43 Å². The van der Waals surface area contributed by atoms with E-state index in [9.17, 15) is 0 Å². The van der Waals surface area contributed by atoms with Crippen LogP contribution in [0.4, 0.5) is 0 Å². The van der Waals surface area contributed by atoms with Crippen LogP contribution in [0.15, 0.2) is 11.8 Å². The molecule has 0 radical (unpaired) electrons. The van der Waals surface area contributed by atoms with E-state index in [0.717, 1.165) is 0 Å². The molecule has 1 heterocycles. The van der Waals surface area contributed by atoms with Crippen molar-refractivity contribution in [3.05, 3.63) is 11.8 Å². The fourth-order valence-corrected chi connectivity index (χ4v) is 1.08. The Balaban J connectivity index is 2.18. The second kappa shape index (κ2) is 1.68. The van der Waals surface area contributed by atoms with Crippen molar-refractivity contribution in [2.75, 3.05) is 0 Å². The van der Waals surface area contributed by atoms with Crippen molar-refractivity contribution in [1.29, 1.82) is 5.41 Å². The molecule has 0 saturated heterocycles. The molecule has 0 aromatic rings. The number of nitrogens with zero attached hydrogens (tertiary/aromatic N) is 1. The van der Waals surface area contributed by atoms with E-state index in [-0.39, 0.29) is 0 Å². The Hall–Kier alpha value is -1.12. The van der Waals surface area contributed by atoms with Gasteiger partial charge in [-0.1, -0.05) is 5.41 Å². The van der Waals surface area contributed by atoms with E-state index in [0.29, 0.717) is 11.8 Å². The summed E-state index contributed by atoms with van der Waals surface area (Å²) in [5.41, 5.74) is 4.19. The number of hydrogen-bond donors (Lipinski definition) is 2. The average molecular weight is 136 g/mol. The molecule has 1 saturated carbocycles. The lowest BCUT2D eigenvalue weighted by molar-refractivity contribution is -0.452. The van der Waals surface area contributed by atoms with Crippen LogP contribution in [0, 0.1) is 11.3 Å². The monoisotopic (exact) mass is 136 g/mol. The molecule has 1 fully saturated rings. The highest BCUT2D eigenvalue weighted by atomic mass is 15.5. The summed E-state index contributed by atoms with van der Waals surface area (Å²) >= 11 is 0. The van der Waals surface area contributed by atoms with E-state index in [4.69, 9.17) is 5.41 Å². The van der Waals surface area contributed by atoms with Crippen molar-refractivity contribution in [3.8, 4) is 0 Å². The maximum absolute atomic E-state index is 7.33. The lowest BCUT2D eigenvalue weighted by Crippen LogP contribution is -2.23. The van der Waals surface area contributed by atoms with Crippen LogP contribution in [-0.4, -0.2) is 17.2 Å². The van der Waals surface area contributed by atoms with E-state index >= 15 is 0 Å². The minimum Gasteiger partial charge on any atom is -0.228 e. The van der Waals surface area contributed by atoms with Gasteiger partial charge in [-0.05, 0) is 12.8 Å². The van der Waals surface area contributed by atoms with Gasteiger partial charge in [0.15, 0.2) is 0 Å². The Labute approximate surface area is 59.5 Å². The number of nitrogens with one attached hydrogen (secondary N) is 2. The van der Waals surface area contributed by atoms with E-state index in [1.165, 1.54) is 23.2 Å². The molecule has 0 unspecified atom stereocenters. The van der Waals surface area contributed by atoms with Gasteiger partial charge in [-0.3, -0.25) is 0 Å². The first-order valence-corrected chi connectivity index (χ1v) is 3.45. The Morgan fingerprint density at radius 1 is 1.70 bits per heavy atom. The first-order chi connectivity index (χ1) is 4.77. The highest BCUT2D eigenvalue weighted by Gasteiger charge is 2.32. The molecule has 0 atom stereocenters. The standard InChI is InChI=1S/C7H10N3/c1-10-7(8)4-6(9-10)5-2-3-5/h4-5,8-9H,1-3H2/q+1. The predicted octanol–water partition coefficient (Wildman–Crippen LogP) is 0.489. The summed E-state index contributed by atoms with van der Waals surface area (Å²) in [4.78, 5) is 0. The Morgan fingerprint density at radius 3 is 2.80 bits per heavy atom. The van der Waals surface area contributed by atoms with Crippen LogP contribution >= 0.6 is 0 Å². The zero-order chi connectivity index (χ0) is 7.14. The van der Waals surface area contributed by atoms with Crippen molar-refractivity contribution < 1.29 is 4.68 Å². The number of hydrogen-bond acceptors (Lipinski definition) is 2. The van der Waals surface area contributed by atoms with Gasteiger partial charge in [0.1, 0.15) is 0 Å². The first kappa shape index (κ1) is 5.65. The smallest absolute Gasteiger partial charge is 0.228 e. The first-order valence-electron chi connectivity index (χ1n) is 3.45. The van der Waals surface area contributed by atoms with Gasteiger partial charge in [0.2, 0.25) is 0 Å². The van der Waals surface area contributed by atoms with Gasteiger partial charge >= 0.3 is 5.84 Å². The number of amidine groups is 1. The molecule has 0 amide bonds. The van der Waals surface area contributed by atoms with E-state index in [2.05, 4.69) is 12.1 Å². The van der Waals surface area contributed by atoms with Crippen LogP contribution in [0.25, 0.3) is 0 Å². The second-order valence-electron chi connectivity index (χ2n) is 2.80. The molecule has 0 aromatic carbocycles. The van der Waals surface area contributed by atoms with Crippen molar-refractivity contribution in [1.82, 2.24) is 5.43 Å². The molecular formula is C7H10N3+. The van der Waals surface area contributed by atoms with Crippen molar-refractivity contribution in [2.24, 2.45) is 5.92 Å². The Morgan fingerprint density at radius 2 is 2.40 bits per heavy atom. The zero-order valence-electron chi connectivity index (χ0n) is 5.72. The Bertz CT molecular complexity index is 235. The highest BCUT2D eigenvalue weighted by Crippen LogP contribution is 2.35. The van der Waals surface area contributed by atoms with Gasteiger partial charge in [-0.2, -0.15) is 0 Å². The van der Waals surface area contributed by atoms with Crippen LogP contribution in [0.2, 0.25) is 0 Å². The van der Waals surface area contributed by atoms with Gasteiger partial charge in [0.25, 0.3) is 0 Å². The number of allylic oxidation sites excluding steroid dienone is 1. The molecule has 10 heavy (non-hydrogen) atoms. The molecule has 1 aliphatic carbocycles. The minimum absolute atomic E-state index is 0.460. The SMILES string of the molecule is C=[N+]1NC(C2CC2)=CC1=N. The molecular weight excluding hydrogens is 126 g/mol. The third-order valence-corrected chi connectivity index (χ3v) is 1.86. The quantitative estimate of drug-likeness (QED) is 0.506. The molecule has 2 rings (SSSR count). The summed E-state index contributed by atoms with van der Waals surface area (Å²) in [7, 11) is 0. The third-order valence-electron chi connectivity index (χ3n) is 1.86. The van der Waals surface area contributed by atoms with Gasteiger partial charge in [0.05, 0.1) is 18.5 Å². The minimum atomic E-state index is 0.460. The fraction of sp³-hybridized carbons (Fsp3) is 0.429. The van der Waals surface area contributed by atoms with Crippen LogP contribution in [0.3, 0.4) is 0 Å². The summed E-state index contributed by atoms with van der Waals surface area (Å²) < 4.78 is 1.49. The topological polar surface area (TPSA) is 38.9 Å². The normalized spacial score (nSPS) is 24.6. The van der Waals surface area contributed by atoms with Crippen LogP contribution in [-0.2, 0) is 0 Å². The zero-order valence-corrected chi connectivity index (χ0v) is 5.72. The third kappa shape index (κ3) is 0.744. The van der Waals surface area contributed by atoms with Crippen LogP contribution in [0.1, 0.15) is 12.8 Å². The fourth-order valence-electron chi connectivity index (χ4n) is 1.08. The molecule has 3 nitrogen and oxygen atoms in total. The summed E-state index contributed by atoms with van der Waals surface area (Å²) in [5.74, 6) is 1.15. The van der Waals surface area contributed by atoms with E-state index in [1.807, 2.05) is 6.08 Å². The molecule has 0 bridgehead atoms. The maximum Gasteiger partial charge on any atom is 0.339 e. The van der Waals surface area contributed by atoms with Crippen LogP contribution < -0.4 is 5.43 Å². The molecule has 3 heteroatoms. The number of hydrazine groups is 1. The number of rotatable bonds is 1. The highest BCUT2D eigenvalue weighted by molar-refractivity contribution is 5.86. The summed E-state index contributed by atoms with van der Waals surface area (Å²) in [5, 5.41) is 7.33. The predicted molar refractivity (Wildman–Crippen MR) is 39.1 cm³/mol. The average Bonchev–Trinajstić information content (AvgIpc) is 2.64. The molecule has 1 aliphatic heterocycles. The van der Waals surface area contributed by atoms with Gasteiger partial charge in [-0.15, -0.1) is 4.68 Å². The van der Waals surface area contributed by atoms with Crippen molar-refractivity contribution >= 4 is 12.6 Å². The Kier molecular flexibility index (Phi) is 0.952. The molecule has 52 valence electrons. The van der Waals surface area contributed by atoms with Crippen molar-refractivity contribution in [2.45, 2.75) is 12.8 Å². The molecule has 0 spiro atoms. The van der Waals surface area contributed by atoms with Gasteiger partial charge < -0.3 is 0 Å². The van der Waals surface area contributed by atoms with Crippen molar-refractivity contribution in [3.63, 3.8) is 0 Å². The van der Waals surface area contributed by atoms with Crippen LogP contribution in [0.5, 0.6) is 0 Å². The number of hydrazone groups is 1. The van der Waals surface area contributed by atoms with E-state index < -0.39 is 0 Å². The molecule has 2 aliphatic rings. The lowest BCUT2D eigenvalue weighted by atomic mass is 10.3. The lowest BCUT2D eigenvalue weighted by Gasteiger charge is -1.96. The second-order valence-corrected chi connectivity index (χ2v) is 2.80. The van der Waals surface area contributed by atoms with E-state index in [1.54, 1.807) is 0 Å². The molecule has 2 N–H and O–H groups in total. The summed E-state index contributed by atoms with van der Waals surface area (Å²) in [6.07, 6.45) is 4.38. The molecule has 0 aromatic heterocycles. The maximum atomic E-state index is 7.33. The summed E-state index contributed by atoms with van der Waals surface area (Å²) in [6.45, 7) is 3.62.